The number of thiocarbonyl (C=S) groups is 1. The first-order valence-electron chi connectivity index (χ1n) is 4.37. The number of ether oxygens (including phenoxy) is 1. The van der Waals surface area contributed by atoms with Gasteiger partial charge in [0.2, 0.25) is 0 Å². The van der Waals surface area contributed by atoms with E-state index < -0.39 is 5.97 Å². The van der Waals surface area contributed by atoms with Crippen LogP contribution in [0.2, 0.25) is 0 Å². The van der Waals surface area contributed by atoms with Gasteiger partial charge in [0, 0.05) is 5.33 Å². The molecule has 1 aromatic carbocycles. The Morgan fingerprint density at radius 3 is 2.75 bits per heavy atom. The molecule has 0 fully saturated rings. The van der Waals surface area contributed by atoms with Gasteiger partial charge in [0.05, 0.1) is 0 Å². The summed E-state index contributed by atoms with van der Waals surface area (Å²) in [5.41, 5.74) is 2.59. The molecule has 0 aliphatic carbocycles. The Morgan fingerprint density at radius 2 is 2.19 bits per heavy atom. The molecule has 0 saturated heterocycles. The number of carboxylic acids is 1. The summed E-state index contributed by atoms with van der Waals surface area (Å²) in [7, 11) is 0. The molecule has 0 unspecified atom stereocenters. The van der Waals surface area contributed by atoms with Crippen LogP contribution in [-0.4, -0.2) is 16.6 Å². The predicted molar refractivity (Wildman–Crippen MR) is 69.4 cm³/mol. The number of hydrogen-bond donors (Lipinski definition) is 1. The van der Waals surface area contributed by atoms with E-state index in [1.165, 1.54) is 0 Å². The second-order valence-electron chi connectivity index (χ2n) is 2.86. The van der Waals surface area contributed by atoms with Crippen LogP contribution in [0.5, 0.6) is 0 Å². The molecule has 84 valence electrons. The first kappa shape index (κ1) is 12.9. The van der Waals surface area contributed by atoms with Crippen molar-refractivity contribution in [1.29, 1.82) is 0 Å². The Morgan fingerprint density at radius 1 is 1.50 bits per heavy atom. The fraction of sp³-hybridized carbons (Fsp3) is 0.0909. The number of rotatable bonds is 5. The van der Waals surface area contributed by atoms with E-state index in [1.807, 2.05) is 12.1 Å². The molecule has 0 aliphatic rings. The Kier molecular flexibility index (Phi) is 5.14. The maximum Gasteiger partial charge on any atom is 0.339 e. The van der Waals surface area contributed by atoms with Crippen molar-refractivity contribution in [2.24, 2.45) is 0 Å². The lowest BCUT2D eigenvalue weighted by atomic mass is 10.0. The lowest BCUT2D eigenvalue weighted by molar-refractivity contribution is -0.130. The van der Waals surface area contributed by atoms with Gasteiger partial charge < -0.3 is 9.84 Å². The second kappa shape index (κ2) is 6.40. The van der Waals surface area contributed by atoms with Gasteiger partial charge in [-0.15, -0.1) is 0 Å². The van der Waals surface area contributed by atoms with Crippen LogP contribution in [0, 0.1) is 0 Å². The van der Waals surface area contributed by atoms with E-state index in [0.717, 1.165) is 17.4 Å². The van der Waals surface area contributed by atoms with E-state index in [1.54, 1.807) is 12.1 Å². The maximum absolute atomic E-state index is 11.1. The molecule has 5 heteroatoms. The van der Waals surface area contributed by atoms with Crippen molar-refractivity contribution in [3.05, 3.63) is 41.7 Å². The van der Waals surface area contributed by atoms with Crippen LogP contribution in [0.15, 0.2) is 30.5 Å². The minimum Gasteiger partial charge on any atom is -0.478 e. The van der Waals surface area contributed by atoms with E-state index in [9.17, 15) is 4.79 Å². The largest absolute Gasteiger partial charge is 0.478 e. The van der Waals surface area contributed by atoms with Crippen LogP contribution in [0.3, 0.4) is 0 Å². The molecular weight excluding hydrogens is 292 g/mol. The third kappa shape index (κ3) is 3.15. The van der Waals surface area contributed by atoms with Crippen molar-refractivity contribution in [3.63, 3.8) is 0 Å². The van der Waals surface area contributed by atoms with Crippen LogP contribution >= 0.6 is 28.1 Å². The van der Waals surface area contributed by atoms with Crippen molar-refractivity contribution in [3.8, 4) is 0 Å². The third-order valence-corrected chi connectivity index (χ3v) is 2.64. The average molecular weight is 301 g/mol. The zero-order valence-electron chi connectivity index (χ0n) is 8.22. The smallest absolute Gasteiger partial charge is 0.339 e. The summed E-state index contributed by atoms with van der Waals surface area (Å²) < 4.78 is 4.74. The Hall–Kier alpha value is -1.20. The first-order valence-corrected chi connectivity index (χ1v) is 5.96. The highest BCUT2D eigenvalue weighted by molar-refractivity contribution is 9.08. The lowest BCUT2D eigenvalue weighted by Crippen LogP contribution is -2.03. The summed E-state index contributed by atoms with van der Waals surface area (Å²) in [5, 5.41) is 9.64. The second-order valence-corrected chi connectivity index (χ2v) is 3.61. The molecule has 0 amide bonds. The van der Waals surface area contributed by atoms with Gasteiger partial charge in [0.15, 0.2) is 5.55 Å². The predicted octanol–water partition coefficient (Wildman–Crippen LogP) is 2.98. The highest BCUT2D eigenvalue weighted by Gasteiger charge is 2.13. The molecule has 1 rings (SSSR count). The molecule has 0 atom stereocenters. The summed E-state index contributed by atoms with van der Waals surface area (Å²) in [4.78, 5) is 11.1. The Labute approximate surface area is 107 Å². The molecule has 1 aromatic rings. The Balaban J connectivity index is 3.20. The molecule has 0 saturated carbocycles. The van der Waals surface area contributed by atoms with Gasteiger partial charge in [-0.25, -0.2) is 4.79 Å². The molecule has 16 heavy (non-hydrogen) atoms. The van der Waals surface area contributed by atoms with Gasteiger partial charge in [-0.3, -0.25) is 0 Å². The van der Waals surface area contributed by atoms with Gasteiger partial charge in [-0.05, 0) is 23.3 Å². The summed E-state index contributed by atoms with van der Waals surface area (Å²) >= 11 is 7.78. The summed E-state index contributed by atoms with van der Waals surface area (Å²) in [6.45, 7) is 0. The standard InChI is InChI=1S/C11H9BrO3S/c12-5-8-3-1-2-4-9(8)10(11(13)14)6-15-7-16/h1-4,6-7H,5H2,(H,13,14)/b10-6+. The quantitative estimate of drug-likeness (QED) is 0.393. The van der Waals surface area contributed by atoms with Crippen LogP contribution in [0.1, 0.15) is 11.1 Å². The Bertz CT molecular complexity index is 429. The van der Waals surface area contributed by atoms with E-state index in [4.69, 9.17) is 9.84 Å². The minimum absolute atomic E-state index is 0.0798. The highest BCUT2D eigenvalue weighted by Crippen LogP contribution is 2.21. The number of alkyl halides is 1. The number of hydrogen-bond acceptors (Lipinski definition) is 3. The van der Waals surface area contributed by atoms with Gasteiger partial charge in [0.25, 0.3) is 0 Å². The molecule has 0 aliphatic heterocycles. The number of benzene rings is 1. The van der Waals surface area contributed by atoms with Crippen LogP contribution in [0.4, 0.5) is 0 Å². The number of halogens is 1. The molecule has 0 radical (unpaired) electrons. The first-order chi connectivity index (χ1) is 7.70. The average Bonchev–Trinajstić information content (AvgIpc) is 2.29. The van der Waals surface area contributed by atoms with Gasteiger partial charge >= 0.3 is 5.97 Å². The zero-order chi connectivity index (χ0) is 12.0. The molecule has 0 bridgehead atoms. The van der Waals surface area contributed by atoms with Gasteiger partial charge in [0.1, 0.15) is 11.8 Å². The maximum atomic E-state index is 11.1. The minimum atomic E-state index is -1.05. The van der Waals surface area contributed by atoms with Crippen LogP contribution < -0.4 is 0 Å². The van der Waals surface area contributed by atoms with Gasteiger partial charge in [-0.1, -0.05) is 40.2 Å². The van der Waals surface area contributed by atoms with E-state index in [2.05, 4.69) is 28.1 Å². The molecule has 3 nitrogen and oxygen atoms in total. The summed E-state index contributed by atoms with van der Waals surface area (Å²) in [6.07, 6.45) is 1.14. The topological polar surface area (TPSA) is 46.5 Å². The third-order valence-electron chi connectivity index (χ3n) is 1.92. The normalized spacial score (nSPS) is 10.9. The molecule has 0 heterocycles. The zero-order valence-corrected chi connectivity index (χ0v) is 10.6. The van der Waals surface area contributed by atoms with Crippen molar-refractivity contribution in [2.75, 3.05) is 0 Å². The fourth-order valence-corrected chi connectivity index (χ4v) is 1.77. The van der Waals surface area contributed by atoms with E-state index in [0.29, 0.717) is 10.9 Å². The number of aliphatic carboxylic acids is 1. The fourth-order valence-electron chi connectivity index (χ4n) is 1.22. The molecule has 0 aromatic heterocycles. The molecule has 1 N–H and O–H groups in total. The van der Waals surface area contributed by atoms with Crippen molar-refractivity contribution in [1.82, 2.24) is 0 Å². The number of carbonyl (C=O) groups is 1. The summed E-state index contributed by atoms with van der Waals surface area (Å²) in [5.74, 6) is -1.05. The van der Waals surface area contributed by atoms with E-state index in [-0.39, 0.29) is 5.57 Å². The molecule has 0 spiro atoms. The highest BCUT2D eigenvalue weighted by atomic mass is 79.9. The van der Waals surface area contributed by atoms with Gasteiger partial charge in [-0.2, -0.15) is 0 Å². The van der Waals surface area contributed by atoms with Crippen LogP contribution in [0.25, 0.3) is 5.57 Å². The van der Waals surface area contributed by atoms with Crippen LogP contribution in [-0.2, 0) is 14.9 Å². The number of carboxylic acid groups (broad SMARTS) is 1. The van der Waals surface area contributed by atoms with Crippen molar-refractivity contribution < 1.29 is 14.6 Å². The SMILES string of the molecule is O=C(O)/C(=C/OC=S)c1ccccc1CBr. The summed E-state index contributed by atoms with van der Waals surface area (Å²) in [6, 6.07) is 7.19. The van der Waals surface area contributed by atoms with Crippen molar-refractivity contribution in [2.45, 2.75) is 5.33 Å². The van der Waals surface area contributed by atoms with Crippen molar-refractivity contribution >= 4 is 45.2 Å². The lowest BCUT2D eigenvalue weighted by Gasteiger charge is -2.07. The van der Waals surface area contributed by atoms with E-state index >= 15 is 0 Å². The molecular formula is C11H9BrO3S. The monoisotopic (exact) mass is 300 g/mol.